The van der Waals surface area contributed by atoms with Crippen molar-refractivity contribution in [1.29, 1.82) is 0 Å². The number of rotatable bonds is 1. The summed E-state index contributed by atoms with van der Waals surface area (Å²) >= 11 is 5.75. The van der Waals surface area contributed by atoms with E-state index in [2.05, 4.69) is 10.2 Å². The number of halogens is 1. The molecule has 0 unspecified atom stereocenters. The van der Waals surface area contributed by atoms with Gasteiger partial charge >= 0.3 is 5.97 Å². The number of carbonyl (C=O) groups is 1. The second-order valence-electron chi connectivity index (χ2n) is 2.81. The van der Waals surface area contributed by atoms with E-state index in [4.69, 9.17) is 22.4 Å². The fourth-order valence-electron chi connectivity index (χ4n) is 1.27. The maximum absolute atomic E-state index is 10.8. The molecule has 0 atom stereocenters. The zero-order valence-corrected chi connectivity index (χ0v) is 7.67. The summed E-state index contributed by atoms with van der Waals surface area (Å²) in [5, 5.41) is 16.0. The van der Waals surface area contributed by atoms with Gasteiger partial charge in [0, 0.05) is 11.1 Å². The van der Waals surface area contributed by atoms with Crippen molar-refractivity contribution in [3.8, 4) is 0 Å². The van der Waals surface area contributed by atoms with Crippen LogP contribution in [0, 0.1) is 0 Å². The van der Waals surface area contributed by atoms with E-state index in [-0.39, 0.29) is 10.7 Å². The molecular weight excluding hydrogens is 206 g/mol. The monoisotopic (exact) mass is 211 g/mol. The highest BCUT2D eigenvalue weighted by molar-refractivity contribution is 6.34. The van der Waals surface area contributed by atoms with Crippen molar-refractivity contribution in [2.75, 3.05) is 5.73 Å². The number of aromatic nitrogens is 2. The maximum atomic E-state index is 10.8. The molecule has 0 radical (unpaired) electrons. The van der Waals surface area contributed by atoms with Gasteiger partial charge in [-0.3, -0.25) is 5.10 Å². The van der Waals surface area contributed by atoms with Gasteiger partial charge in [0.25, 0.3) is 0 Å². The third-order valence-corrected chi connectivity index (χ3v) is 2.15. The van der Waals surface area contributed by atoms with Crippen molar-refractivity contribution in [2.45, 2.75) is 0 Å². The molecule has 2 aromatic rings. The second kappa shape index (κ2) is 2.88. The predicted octanol–water partition coefficient (Wildman–Crippen LogP) is 1.50. The molecule has 0 aliphatic heterocycles. The molecule has 1 heterocycles. The van der Waals surface area contributed by atoms with Crippen LogP contribution in [0.4, 0.5) is 5.69 Å². The Labute approximate surface area is 83.5 Å². The molecule has 0 fully saturated rings. The first kappa shape index (κ1) is 8.83. The molecule has 4 N–H and O–H groups in total. The van der Waals surface area contributed by atoms with Crippen LogP contribution in [0.1, 0.15) is 10.4 Å². The Morgan fingerprint density at radius 1 is 1.57 bits per heavy atom. The lowest BCUT2D eigenvalue weighted by Crippen LogP contribution is -1.99. The first-order valence-electron chi connectivity index (χ1n) is 3.76. The molecule has 1 aromatic heterocycles. The minimum atomic E-state index is -1.08. The normalized spacial score (nSPS) is 10.6. The molecule has 0 saturated carbocycles. The van der Waals surface area contributed by atoms with E-state index in [9.17, 15) is 4.79 Å². The van der Waals surface area contributed by atoms with Crippen LogP contribution in [0.5, 0.6) is 0 Å². The number of nitrogens with two attached hydrogens (primary N) is 1. The van der Waals surface area contributed by atoms with Crippen molar-refractivity contribution < 1.29 is 9.90 Å². The first-order chi connectivity index (χ1) is 6.59. The van der Waals surface area contributed by atoms with Gasteiger partial charge in [0.1, 0.15) is 10.7 Å². The molecule has 1 aromatic carbocycles. The van der Waals surface area contributed by atoms with Gasteiger partial charge in [-0.25, -0.2) is 4.79 Å². The molecule has 0 amide bonds. The second-order valence-corrected chi connectivity index (χ2v) is 3.19. The van der Waals surface area contributed by atoms with Gasteiger partial charge in [0.2, 0.25) is 0 Å². The number of carboxylic acids is 1. The highest BCUT2D eigenvalue weighted by Crippen LogP contribution is 2.26. The molecule has 0 aliphatic rings. The molecule has 0 bridgehead atoms. The van der Waals surface area contributed by atoms with Crippen LogP contribution in [0.3, 0.4) is 0 Å². The average Bonchev–Trinajstić information content (AvgIpc) is 2.47. The van der Waals surface area contributed by atoms with Crippen LogP contribution in [-0.2, 0) is 0 Å². The van der Waals surface area contributed by atoms with Gasteiger partial charge < -0.3 is 10.8 Å². The third-order valence-electron chi connectivity index (χ3n) is 1.86. The van der Waals surface area contributed by atoms with E-state index >= 15 is 0 Å². The number of benzene rings is 1. The number of nitrogens with zero attached hydrogens (tertiary/aromatic N) is 1. The van der Waals surface area contributed by atoms with Crippen molar-refractivity contribution >= 4 is 34.2 Å². The van der Waals surface area contributed by atoms with Gasteiger partial charge in [-0.05, 0) is 12.1 Å². The summed E-state index contributed by atoms with van der Waals surface area (Å²) in [6, 6.07) is 2.93. The Hall–Kier alpha value is -1.75. The standard InChI is InChI=1S/C8H6ClN3O2/c9-7-4-1-3(10)2-5(8(13)14)6(4)11-12-7/h1-2H,10H2,(H,11,12)(H,13,14). The smallest absolute Gasteiger partial charge is 0.338 e. The Balaban J connectivity index is 2.88. The molecule has 14 heavy (non-hydrogen) atoms. The van der Waals surface area contributed by atoms with E-state index in [0.717, 1.165) is 0 Å². The molecule has 6 heteroatoms. The summed E-state index contributed by atoms with van der Waals surface area (Å²) in [4.78, 5) is 10.8. The number of nitrogen functional groups attached to an aromatic ring is 1. The van der Waals surface area contributed by atoms with Gasteiger partial charge in [0.05, 0.1) is 5.56 Å². The summed E-state index contributed by atoms with van der Waals surface area (Å²) in [7, 11) is 0. The lowest BCUT2D eigenvalue weighted by atomic mass is 10.1. The van der Waals surface area contributed by atoms with Crippen molar-refractivity contribution in [3.05, 3.63) is 22.8 Å². The number of nitrogens with one attached hydrogen (secondary N) is 1. The lowest BCUT2D eigenvalue weighted by Gasteiger charge is -1.98. The number of carboxylic acid groups (broad SMARTS) is 1. The van der Waals surface area contributed by atoms with Gasteiger partial charge in [-0.2, -0.15) is 5.10 Å². The van der Waals surface area contributed by atoms with E-state index < -0.39 is 5.97 Å². The summed E-state index contributed by atoms with van der Waals surface area (Å²) in [6.45, 7) is 0. The van der Waals surface area contributed by atoms with Gasteiger partial charge in [-0.1, -0.05) is 11.6 Å². The number of H-pyrrole nitrogens is 1. The van der Waals surface area contributed by atoms with Crippen LogP contribution in [0.15, 0.2) is 12.1 Å². The molecular formula is C8H6ClN3O2. The Bertz CT molecular complexity index is 521. The fourth-order valence-corrected chi connectivity index (χ4v) is 1.46. The Morgan fingerprint density at radius 2 is 2.29 bits per heavy atom. The average molecular weight is 212 g/mol. The van der Waals surface area contributed by atoms with Crippen molar-refractivity contribution in [2.24, 2.45) is 0 Å². The minimum Gasteiger partial charge on any atom is -0.478 e. The number of aromatic amines is 1. The Kier molecular flexibility index (Phi) is 1.82. The molecule has 2 rings (SSSR count). The SMILES string of the molecule is Nc1cc(C(=O)O)c2n[nH]c(Cl)c2c1. The number of fused-ring (bicyclic) bond motifs is 1. The van der Waals surface area contributed by atoms with E-state index in [1.165, 1.54) is 6.07 Å². The molecule has 0 spiro atoms. The van der Waals surface area contributed by atoms with Crippen LogP contribution < -0.4 is 5.73 Å². The third kappa shape index (κ3) is 1.18. The van der Waals surface area contributed by atoms with Crippen LogP contribution in [0.25, 0.3) is 10.9 Å². The van der Waals surface area contributed by atoms with Crippen LogP contribution in [0.2, 0.25) is 5.15 Å². The van der Waals surface area contributed by atoms with Crippen molar-refractivity contribution in [1.82, 2.24) is 10.2 Å². The number of hydrogen-bond donors (Lipinski definition) is 3. The summed E-state index contributed by atoms with van der Waals surface area (Å²) in [5.41, 5.74) is 6.23. The summed E-state index contributed by atoms with van der Waals surface area (Å²) in [5.74, 6) is -1.08. The quantitative estimate of drug-likeness (QED) is 0.624. The Morgan fingerprint density at radius 3 is 2.93 bits per heavy atom. The molecule has 0 aliphatic carbocycles. The van der Waals surface area contributed by atoms with Crippen molar-refractivity contribution in [3.63, 3.8) is 0 Å². The molecule has 5 nitrogen and oxygen atoms in total. The maximum Gasteiger partial charge on any atom is 0.338 e. The molecule has 72 valence electrons. The summed E-state index contributed by atoms with van der Waals surface area (Å²) < 4.78 is 0. The number of aromatic carboxylic acids is 1. The van der Waals surface area contributed by atoms with E-state index in [0.29, 0.717) is 16.6 Å². The summed E-state index contributed by atoms with van der Waals surface area (Å²) in [6.07, 6.45) is 0. The lowest BCUT2D eigenvalue weighted by molar-refractivity contribution is 0.0699. The van der Waals surface area contributed by atoms with Crippen LogP contribution >= 0.6 is 11.6 Å². The van der Waals surface area contributed by atoms with Crippen LogP contribution in [-0.4, -0.2) is 21.3 Å². The van der Waals surface area contributed by atoms with Gasteiger partial charge in [-0.15, -0.1) is 0 Å². The minimum absolute atomic E-state index is 0.0446. The number of hydrogen-bond acceptors (Lipinski definition) is 3. The zero-order valence-electron chi connectivity index (χ0n) is 6.91. The van der Waals surface area contributed by atoms with E-state index in [1.807, 2.05) is 0 Å². The predicted molar refractivity (Wildman–Crippen MR) is 52.5 cm³/mol. The highest BCUT2D eigenvalue weighted by atomic mass is 35.5. The highest BCUT2D eigenvalue weighted by Gasteiger charge is 2.14. The zero-order chi connectivity index (χ0) is 10.3. The van der Waals surface area contributed by atoms with Gasteiger partial charge in [0.15, 0.2) is 0 Å². The topological polar surface area (TPSA) is 92.0 Å². The van der Waals surface area contributed by atoms with E-state index in [1.54, 1.807) is 6.07 Å². The molecule has 0 saturated heterocycles. The fraction of sp³-hybridized carbons (Fsp3) is 0. The number of anilines is 1. The largest absolute Gasteiger partial charge is 0.478 e. The first-order valence-corrected chi connectivity index (χ1v) is 4.14.